The van der Waals surface area contributed by atoms with Crippen LogP contribution < -0.4 is 19.5 Å². The number of urea groups is 1. The predicted molar refractivity (Wildman–Crippen MR) is 102 cm³/mol. The summed E-state index contributed by atoms with van der Waals surface area (Å²) in [6.07, 6.45) is 0. The normalized spacial score (nSPS) is 20.9. The summed E-state index contributed by atoms with van der Waals surface area (Å²) in [5.74, 6) is 1.33. The maximum absolute atomic E-state index is 13.1. The highest BCUT2D eigenvalue weighted by Gasteiger charge is 2.49. The molecule has 1 N–H and O–H groups in total. The minimum absolute atomic E-state index is 0.0762. The number of halogens is 1. The van der Waals surface area contributed by atoms with Gasteiger partial charge in [-0.15, -0.1) is 0 Å². The van der Waals surface area contributed by atoms with Crippen LogP contribution in [0.3, 0.4) is 0 Å². The zero-order chi connectivity index (χ0) is 19.9. The maximum Gasteiger partial charge on any atom is 0.325 e. The lowest BCUT2D eigenvalue weighted by Gasteiger charge is -2.23. The summed E-state index contributed by atoms with van der Waals surface area (Å²) in [5, 5.41) is 3.18. The first-order valence-corrected chi connectivity index (χ1v) is 9.17. The molecule has 3 amide bonds. The molecular weight excluding hydrogens is 384 g/mol. The summed E-state index contributed by atoms with van der Waals surface area (Å²) >= 11 is 6.27. The van der Waals surface area contributed by atoms with Crippen molar-refractivity contribution >= 4 is 23.5 Å². The number of ether oxygens (including phenoxy) is 3. The number of benzene rings is 2. The zero-order valence-electron chi connectivity index (χ0n) is 15.5. The molecule has 0 saturated carbocycles. The van der Waals surface area contributed by atoms with E-state index in [1.807, 2.05) is 0 Å². The van der Waals surface area contributed by atoms with E-state index in [0.29, 0.717) is 46.6 Å². The molecule has 1 fully saturated rings. The molecule has 2 heterocycles. The van der Waals surface area contributed by atoms with Crippen molar-refractivity contribution in [1.29, 1.82) is 0 Å². The van der Waals surface area contributed by atoms with E-state index in [9.17, 15) is 9.59 Å². The molecule has 0 radical (unpaired) electrons. The number of carbonyl (C=O) groups excluding carboxylic acids is 2. The van der Waals surface area contributed by atoms with E-state index in [-0.39, 0.29) is 12.5 Å². The fourth-order valence-electron chi connectivity index (χ4n) is 3.40. The first-order valence-electron chi connectivity index (χ1n) is 8.79. The molecule has 2 aromatic carbocycles. The fourth-order valence-corrected chi connectivity index (χ4v) is 3.69. The average Bonchev–Trinajstić information content (AvgIpc) is 2.92. The topological polar surface area (TPSA) is 77.1 Å². The molecule has 1 atom stereocenters. The van der Waals surface area contributed by atoms with Gasteiger partial charge in [-0.2, -0.15) is 0 Å². The van der Waals surface area contributed by atoms with E-state index in [1.54, 1.807) is 50.4 Å². The van der Waals surface area contributed by atoms with Crippen LogP contribution in [0.4, 0.5) is 4.79 Å². The van der Waals surface area contributed by atoms with Gasteiger partial charge in [0.25, 0.3) is 5.91 Å². The molecule has 2 aliphatic rings. The second-order valence-electron chi connectivity index (χ2n) is 6.78. The van der Waals surface area contributed by atoms with Gasteiger partial charge < -0.3 is 19.5 Å². The summed E-state index contributed by atoms with van der Waals surface area (Å²) in [5.41, 5.74) is 0.201. The highest BCUT2D eigenvalue weighted by atomic mass is 35.5. The number of hydrogen-bond donors (Lipinski definition) is 1. The molecule has 0 unspecified atom stereocenters. The van der Waals surface area contributed by atoms with E-state index in [0.717, 1.165) is 0 Å². The van der Waals surface area contributed by atoms with Crippen LogP contribution in [-0.2, 0) is 16.9 Å². The quantitative estimate of drug-likeness (QED) is 0.795. The van der Waals surface area contributed by atoms with Gasteiger partial charge >= 0.3 is 6.03 Å². The van der Waals surface area contributed by atoms with Crippen molar-refractivity contribution in [3.63, 3.8) is 0 Å². The molecular formula is C20H19ClN2O5. The molecule has 8 heteroatoms. The van der Waals surface area contributed by atoms with Gasteiger partial charge in [0, 0.05) is 0 Å². The van der Waals surface area contributed by atoms with Crippen LogP contribution in [0.2, 0.25) is 5.02 Å². The minimum Gasteiger partial charge on any atom is -0.497 e. The first kappa shape index (κ1) is 18.4. The second kappa shape index (κ2) is 6.91. The number of carbonyl (C=O) groups is 2. The Morgan fingerprint density at radius 2 is 1.89 bits per heavy atom. The zero-order valence-corrected chi connectivity index (χ0v) is 16.2. The van der Waals surface area contributed by atoms with Gasteiger partial charge in [-0.3, -0.25) is 9.69 Å². The van der Waals surface area contributed by atoms with Gasteiger partial charge in [0.1, 0.15) is 24.5 Å². The van der Waals surface area contributed by atoms with Gasteiger partial charge in [0.15, 0.2) is 11.5 Å². The van der Waals surface area contributed by atoms with Gasteiger partial charge in [-0.1, -0.05) is 23.7 Å². The number of nitrogens with one attached hydrogen (secondary N) is 1. The Labute approximate surface area is 167 Å². The van der Waals surface area contributed by atoms with Crippen LogP contribution in [0.25, 0.3) is 0 Å². The van der Waals surface area contributed by atoms with Crippen LogP contribution >= 0.6 is 11.6 Å². The molecule has 0 spiro atoms. The molecule has 4 rings (SSSR count). The lowest BCUT2D eigenvalue weighted by molar-refractivity contribution is -0.131. The third kappa shape index (κ3) is 3.01. The number of methoxy groups -OCH3 is 1. The SMILES string of the molecule is COc1ccc([C@]2(C)NC(=O)N(Cc3cc(Cl)c4c(c3)OCCO4)C2=O)cc1. The Kier molecular flexibility index (Phi) is 4.55. The molecule has 2 aromatic rings. The Hall–Kier alpha value is -2.93. The van der Waals surface area contributed by atoms with Crippen molar-refractivity contribution in [2.45, 2.75) is 19.0 Å². The van der Waals surface area contributed by atoms with E-state index < -0.39 is 11.6 Å². The standard InChI is InChI=1S/C20H19ClN2O5/c1-20(13-3-5-14(26-2)6-4-13)18(24)23(19(25)22-20)11-12-9-15(21)17-16(10-12)27-7-8-28-17/h3-6,9-10H,7-8,11H2,1-2H3,(H,22,25)/t20-/m0/s1. The summed E-state index contributed by atoms with van der Waals surface area (Å²) < 4.78 is 16.2. The Bertz CT molecular complexity index is 946. The van der Waals surface area contributed by atoms with Crippen LogP contribution in [0.5, 0.6) is 17.2 Å². The smallest absolute Gasteiger partial charge is 0.325 e. The molecule has 146 valence electrons. The third-order valence-corrected chi connectivity index (χ3v) is 5.22. The van der Waals surface area contributed by atoms with Crippen LogP contribution in [0, 0.1) is 0 Å². The van der Waals surface area contributed by atoms with Crippen LogP contribution in [0.15, 0.2) is 36.4 Å². The maximum atomic E-state index is 13.1. The highest BCUT2D eigenvalue weighted by Crippen LogP contribution is 2.39. The van der Waals surface area contributed by atoms with Gasteiger partial charge in [-0.25, -0.2) is 4.79 Å². The number of amides is 3. The molecule has 1 saturated heterocycles. The van der Waals surface area contributed by atoms with Crippen LogP contribution in [0.1, 0.15) is 18.1 Å². The van der Waals surface area contributed by atoms with Crippen molar-refractivity contribution < 1.29 is 23.8 Å². The minimum atomic E-state index is -1.15. The van der Waals surface area contributed by atoms with Crippen molar-refractivity contribution in [3.8, 4) is 17.2 Å². The fraction of sp³-hybridized carbons (Fsp3) is 0.300. The lowest BCUT2D eigenvalue weighted by atomic mass is 9.92. The van der Waals surface area contributed by atoms with Crippen LogP contribution in [-0.4, -0.2) is 37.2 Å². The number of fused-ring (bicyclic) bond motifs is 1. The number of hydrogen-bond acceptors (Lipinski definition) is 5. The predicted octanol–water partition coefficient (Wildman–Crippen LogP) is 3.09. The van der Waals surface area contributed by atoms with Gasteiger partial charge in [0.2, 0.25) is 0 Å². The summed E-state index contributed by atoms with van der Waals surface area (Å²) in [7, 11) is 1.57. The Morgan fingerprint density at radius 3 is 2.61 bits per heavy atom. The summed E-state index contributed by atoms with van der Waals surface area (Å²) in [6.45, 7) is 2.61. The van der Waals surface area contributed by atoms with E-state index in [2.05, 4.69) is 5.32 Å². The van der Waals surface area contributed by atoms with Gasteiger partial charge in [-0.05, 0) is 42.3 Å². The van der Waals surface area contributed by atoms with E-state index >= 15 is 0 Å². The Morgan fingerprint density at radius 1 is 1.18 bits per heavy atom. The average molecular weight is 403 g/mol. The van der Waals surface area contributed by atoms with Crippen molar-refractivity contribution in [2.24, 2.45) is 0 Å². The highest BCUT2D eigenvalue weighted by molar-refractivity contribution is 6.32. The van der Waals surface area contributed by atoms with E-state index in [4.69, 9.17) is 25.8 Å². The molecule has 7 nitrogen and oxygen atoms in total. The Balaban J connectivity index is 1.60. The second-order valence-corrected chi connectivity index (χ2v) is 7.18. The number of rotatable bonds is 4. The van der Waals surface area contributed by atoms with E-state index in [1.165, 1.54) is 4.90 Å². The molecule has 2 aliphatic heterocycles. The molecule has 0 aromatic heterocycles. The van der Waals surface area contributed by atoms with Crippen molar-refractivity contribution in [3.05, 3.63) is 52.5 Å². The third-order valence-electron chi connectivity index (χ3n) is 4.94. The molecule has 0 aliphatic carbocycles. The largest absolute Gasteiger partial charge is 0.497 e. The number of imide groups is 1. The van der Waals surface area contributed by atoms with Crippen molar-refractivity contribution in [1.82, 2.24) is 10.2 Å². The monoisotopic (exact) mass is 402 g/mol. The summed E-state index contributed by atoms with van der Waals surface area (Å²) in [4.78, 5) is 26.8. The molecule has 28 heavy (non-hydrogen) atoms. The van der Waals surface area contributed by atoms with Gasteiger partial charge in [0.05, 0.1) is 18.7 Å². The van der Waals surface area contributed by atoms with Crippen molar-refractivity contribution in [2.75, 3.05) is 20.3 Å². The lowest BCUT2D eigenvalue weighted by Crippen LogP contribution is -2.40. The molecule has 0 bridgehead atoms. The summed E-state index contributed by atoms with van der Waals surface area (Å²) in [6, 6.07) is 9.99. The first-order chi connectivity index (χ1) is 13.4. The number of nitrogens with zero attached hydrogens (tertiary/aromatic N) is 1.